The molecular weight excluding hydrogens is 254 g/mol. The van der Waals surface area contributed by atoms with Gasteiger partial charge in [0.15, 0.2) is 0 Å². The molecule has 2 aliphatic carbocycles. The van der Waals surface area contributed by atoms with Crippen molar-refractivity contribution >= 4 is 11.9 Å². The number of carboxylic acids is 1. The van der Waals surface area contributed by atoms with Gasteiger partial charge in [-0.15, -0.1) is 0 Å². The van der Waals surface area contributed by atoms with Gasteiger partial charge >= 0.3 is 5.97 Å². The standard InChI is InChI=1S/C16H27NO3/c18-15(11-12-7-5-6-8-12)17-14-10-4-2-1-3-9-13(14)16(19)20/h12-14H,1-11H2,(H,17,18)(H,19,20). The summed E-state index contributed by atoms with van der Waals surface area (Å²) < 4.78 is 0. The van der Waals surface area contributed by atoms with Crippen LogP contribution in [0.1, 0.15) is 70.6 Å². The van der Waals surface area contributed by atoms with Gasteiger partial charge in [-0.25, -0.2) is 0 Å². The van der Waals surface area contributed by atoms with Gasteiger partial charge in [-0.05, 0) is 31.6 Å². The summed E-state index contributed by atoms with van der Waals surface area (Å²) in [4.78, 5) is 23.5. The van der Waals surface area contributed by atoms with Gasteiger partial charge in [0.25, 0.3) is 0 Å². The number of rotatable bonds is 4. The van der Waals surface area contributed by atoms with Gasteiger partial charge in [0.2, 0.25) is 5.91 Å². The summed E-state index contributed by atoms with van der Waals surface area (Å²) >= 11 is 0. The summed E-state index contributed by atoms with van der Waals surface area (Å²) in [6, 6.07) is -0.165. The van der Waals surface area contributed by atoms with E-state index in [1.54, 1.807) is 0 Å². The van der Waals surface area contributed by atoms with Crippen LogP contribution in [0.3, 0.4) is 0 Å². The minimum absolute atomic E-state index is 0.0636. The van der Waals surface area contributed by atoms with Crippen LogP contribution in [0.4, 0.5) is 0 Å². The highest BCUT2D eigenvalue weighted by molar-refractivity contribution is 5.78. The number of carbonyl (C=O) groups is 2. The fraction of sp³-hybridized carbons (Fsp3) is 0.875. The van der Waals surface area contributed by atoms with Crippen LogP contribution in [0.5, 0.6) is 0 Å². The number of nitrogens with one attached hydrogen (secondary N) is 1. The summed E-state index contributed by atoms with van der Waals surface area (Å²) in [5.41, 5.74) is 0. The van der Waals surface area contributed by atoms with Gasteiger partial charge in [-0.2, -0.15) is 0 Å². The van der Waals surface area contributed by atoms with Crippen LogP contribution in [-0.4, -0.2) is 23.0 Å². The molecule has 20 heavy (non-hydrogen) atoms. The smallest absolute Gasteiger partial charge is 0.308 e. The second kappa shape index (κ2) is 7.65. The van der Waals surface area contributed by atoms with Crippen molar-refractivity contribution < 1.29 is 14.7 Å². The minimum atomic E-state index is -0.752. The maximum absolute atomic E-state index is 12.1. The zero-order chi connectivity index (χ0) is 14.4. The zero-order valence-electron chi connectivity index (χ0n) is 12.3. The van der Waals surface area contributed by atoms with E-state index in [2.05, 4.69) is 5.32 Å². The van der Waals surface area contributed by atoms with E-state index in [4.69, 9.17) is 0 Å². The highest BCUT2D eigenvalue weighted by Crippen LogP contribution is 2.28. The van der Waals surface area contributed by atoms with E-state index >= 15 is 0 Å². The Bertz CT molecular complexity index is 337. The Kier molecular flexibility index (Phi) is 5.86. The van der Waals surface area contributed by atoms with Crippen molar-refractivity contribution in [3.05, 3.63) is 0 Å². The van der Waals surface area contributed by atoms with Gasteiger partial charge in [-0.1, -0.05) is 38.5 Å². The zero-order valence-corrected chi connectivity index (χ0v) is 12.3. The lowest BCUT2D eigenvalue weighted by molar-refractivity contribution is -0.143. The van der Waals surface area contributed by atoms with E-state index in [0.717, 1.165) is 44.9 Å². The van der Waals surface area contributed by atoms with Crippen LogP contribution < -0.4 is 5.32 Å². The van der Waals surface area contributed by atoms with Gasteiger partial charge < -0.3 is 10.4 Å². The highest BCUT2D eigenvalue weighted by Gasteiger charge is 2.30. The second-order valence-electron chi connectivity index (χ2n) is 6.46. The third-order valence-corrected chi connectivity index (χ3v) is 4.88. The average Bonchev–Trinajstić information content (AvgIpc) is 2.85. The fourth-order valence-corrected chi connectivity index (χ4v) is 3.70. The number of hydrogen-bond acceptors (Lipinski definition) is 2. The van der Waals surface area contributed by atoms with Gasteiger partial charge in [0.05, 0.1) is 5.92 Å². The summed E-state index contributed by atoms with van der Waals surface area (Å²) in [7, 11) is 0. The van der Waals surface area contributed by atoms with Crippen LogP contribution in [-0.2, 0) is 9.59 Å². The Balaban J connectivity index is 1.88. The number of amides is 1. The van der Waals surface area contributed by atoms with Gasteiger partial charge in [0.1, 0.15) is 0 Å². The van der Waals surface area contributed by atoms with Crippen molar-refractivity contribution in [2.24, 2.45) is 11.8 Å². The van der Waals surface area contributed by atoms with Crippen LogP contribution in [0.15, 0.2) is 0 Å². The van der Waals surface area contributed by atoms with Crippen LogP contribution in [0.2, 0.25) is 0 Å². The molecule has 2 saturated carbocycles. The fourth-order valence-electron chi connectivity index (χ4n) is 3.70. The number of hydrogen-bond donors (Lipinski definition) is 2. The summed E-state index contributed by atoms with van der Waals surface area (Å²) in [5, 5.41) is 12.4. The predicted octanol–water partition coefficient (Wildman–Crippen LogP) is 3.11. The molecule has 1 amide bonds. The largest absolute Gasteiger partial charge is 0.481 e. The van der Waals surface area contributed by atoms with E-state index in [1.807, 2.05) is 0 Å². The first-order valence-corrected chi connectivity index (χ1v) is 8.19. The molecule has 0 aromatic rings. The van der Waals surface area contributed by atoms with Crippen molar-refractivity contribution in [2.75, 3.05) is 0 Å². The number of aliphatic carboxylic acids is 1. The predicted molar refractivity (Wildman–Crippen MR) is 77.3 cm³/mol. The Morgan fingerprint density at radius 2 is 1.50 bits per heavy atom. The van der Waals surface area contributed by atoms with Gasteiger partial charge in [0, 0.05) is 12.5 Å². The Morgan fingerprint density at radius 1 is 0.900 bits per heavy atom. The van der Waals surface area contributed by atoms with E-state index in [-0.39, 0.29) is 11.9 Å². The lowest BCUT2D eigenvalue weighted by Crippen LogP contribution is -2.44. The van der Waals surface area contributed by atoms with Crippen LogP contribution in [0.25, 0.3) is 0 Å². The summed E-state index contributed by atoms with van der Waals surface area (Å²) in [5.74, 6) is -0.568. The maximum atomic E-state index is 12.1. The van der Waals surface area contributed by atoms with E-state index in [9.17, 15) is 14.7 Å². The van der Waals surface area contributed by atoms with Crippen LogP contribution in [0, 0.1) is 11.8 Å². The summed E-state index contributed by atoms with van der Waals surface area (Å²) in [6.07, 6.45) is 11.1. The monoisotopic (exact) mass is 281 g/mol. The molecule has 0 spiro atoms. The Labute approximate surface area is 121 Å². The molecule has 2 atom stereocenters. The number of carbonyl (C=O) groups excluding carboxylic acids is 1. The van der Waals surface area contributed by atoms with Crippen molar-refractivity contribution in [3.8, 4) is 0 Å². The molecule has 2 N–H and O–H groups in total. The average molecular weight is 281 g/mol. The molecule has 0 aromatic carbocycles. The molecule has 2 rings (SSSR count). The lowest BCUT2D eigenvalue weighted by atomic mass is 9.86. The Morgan fingerprint density at radius 3 is 2.15 bits per heavy atom. The minimum Gasteiger partial charge on any atom is -0.481 e. The molecule has 2 aliphatic rings. The molecule has 0 aromatic heterocycles. The SMILES string of the molecule is O=C(CC1CCCC1)NC1CCCCCCC1C(=O)O. The maximum Gasteiger partial charge on any atom is 0.308 e. The molecule has 0 bridgehead atoms. The van der Waals surface area contributed by atoms with E-state index < -0.39 is 11.9 Å². The van der Waals surface area contributed by atoms with Crippen molar-refractivity contribution in [1.29, 1.82) is 0 Å². The molecule has 0 aliphatic heterocycles. The molecule has 0 saturated heterocycles. The molecule has 0 radical (unpaired) electrons. The topological polar surface area (TPSA) is 66.4 Å². The van der Waals surface area contributed by atoms with E-state index in [0.29, 0.717) is 18.8 Å². The van der Waals surface area contributed by atoms with Crippen molar-refractivity contribution in [2.45, 2.75) is 76.7 Å². The van der Waals surface area contributed by atoms with E-state index in [1.165, 1.54) is 12.8 Å². The van der Waals surface area contributed by atoms with Gasteiger partial charge in [-0.3, -0.25) is 9.59 Å². The number of carboxylic acid groups (broad SMARTS) is 1. The first kappa shape index (κ1) is 15.3. The first-order valence-electron chi connectivity index (χ1n) is 8.19. The molecule has 0 heterocycles. The molecule has 2 fully saturated rings. The molecule has 4 nitrogen and oxygen atoms in total. The third kappa shape index (κ3) is 4.50. The third-order valence-electron chi connectivity index (χ3n) is 4.88. The molecule has 114 valence electrons. The van der Waals surface area contributed by atoms with Crippen molar-refractivity contribution in [1.82, 2.24) is 5.32 Å². The first-order chi connectivity index (χ1) is 9.66. The Hall–Kier alpha value is -1.06. The van der Waals surface area contributed by atoms with Crippen molar-refractivity contribution in [3.63, 3.8) is 0 Å². The normalized spacial score (nSPS) is 28.6. The highest BCUT2D eigenvalue weighted by atomic mass is 16.4. The van der Waals surface area contributed by atoms with Crippen LogP contribution >= 0.6 is 0 Å². The quantitative estimate of drug-likeness (QED) is 0.832. The lowest BCUT2D eigenvalue weighted by Gasteiger charge is -2.27. The molecular formula is C16H27NO3. The molecule has 2 unspecified atom stereocenters. The summed E-state index contributed by atoms with van der Waals surface area (Å²) in [6.45, 7) is 0. The molecule has 4 heteroatoms. The second-order valence-corrected chi connectivity index (χ2v) is 6.46.